The number of aromatic nitrogens is 1. The predicted molar refractivity (Wildman–Crippen MR) is 101 cm³/mol. The van der Waals surface area contributed by atoms with Crippen molar-refractivity contribution in [1.82, 2.24) is 4.98 Å². The van der Waals surface area contributed by atoms with E-state index in [1.54, 1.807) is 12.0 Å². The van der Waals surface area contributed by atoms with Gasteiger partial charge < -0.3 is 4.74 Å². The second kappa shape index (κ2) is 7.15. The summed E-state index contributed by atoms with van der Waals surface area (Å²) < 4.78 is 6.14. The van der Waals surface area contributed by atoms with E-state index in [9.17, 15) is 4.79 Å². The molecule has 0 N–H and O–H groups in total. The van der Waals surface area contributed by atoms with E-state index >= 15 is 0 Å². The molecule has 0 unspecified atom stereocenters. The van der Waals surface area contributed by atoms with Crippen LogP contribution in [0.1, 0.15) is 6.92 Å². The van der Waals surface area contributed by atoms with Crippen LogP contribution in [0.2, 0.25) is 0 Å². The van der Waals surface area contributed by atoms with Crippen LogP contribution in [-0.4, -0.2) is 18.0 Å². The van der Waals surface area contributed by atoms with Crippen molar-refractivity contribution in [3.8, 4) is 17.0 Å². The zero-order chi connectivity index (χ0) is 17.1. The van der Waals surface area contributed by atoms with Crippen LogP contribution in [0, 0.1) is 0 Å². The van der Waals surface area contributed by atoms with Crippen molar-refractivity contribution in [2.45, 2.75) is 6.92 Å². The number of thiazole rings is 1. The summed E-state index contributed by atoms with van der Waals surface area (Å²) in [7, 11) is 1.64. The van der Waals surface area contributed by atoms with E-state index in [4.69, 9.17) is 4.74 Å². The number of amides is 1. The Bertz CT molecular complexity index is 844. The Hall–Kier alpha value is -2.18. The van der Waals surface area contributed by atoms with Crippen LogP contribution < -0.4 is 9.64 Å². The maximum absolute atomic E-state index is 12.1. The maximum atomic E-state index is 12.1. The maximum Gasteiger partial charge on any atom is 0.230 e. The topological polar surface area (TPSA) is 42.4 Å². The van der Waals surface area contributed by atoms with E-state index in [1.165, 1.54) is 18.3 Å². The summed E-state index contributed by atoms with van der Waals surface area (Å²) in [6, 6.07) is 15.3. The minimum Gasteiger partial charge on any atom is -0.497 e. The number of rotatable bonds is 4. The fourth-order valence-corrected chi connectivity index (χ4v) is 3.44. The van der Waals surface area contributed by atoms with E-state index < -0.39 is 0 Å². The van der Waals surface area contributed by atoms with Gasteiger partial charge in [-0.2, -0.15) is 0 Å². The third-order valence-corrected chi connectivity index (χ3v) is 4.82. The van der Waals surface area contributed by atoms with Gasteiger partial charge in [-0.1, -0.05) is 15.9 Å². The molecular weight excluding hydrogens is 388 g/mol. The fraction of sp³-hybridized carbons (Fsp3) is 0.111. The summed E-state index contributed by atoms with van der Waals surface area (Å²) in [6.45, 7) is 1.54. The van der Waals surface area contributed by atoms with Gasteiger partial charge in [-0.05, 0) is 48.5 Å². The molecule has 4 nitrogen and oxygen atoms in total. The Labute approximate surface area is 152 Å². The number of carbonyl (C=O) groups is 1. The summed E-state index contributed by atoms with van der Waals surface area (Å²) in [5.74, 6) is 0.724. The summed E-state index contributed by atoms with van der Waals surface area (Å²) in [4.78, 5) is 18.4. The molecule has 0 saturated heterocycles. The second-order valence-electron chi connectivity index (χ2n) is 5.07. The number of hydrogen-bond donors (Lipinski definition) is 0. The molecule has 2 aromatic carbocycles. The van der Waals surface area contributed by atoms with Crippen LogP contribution in [0.5, 0.6) is 5.75 Å². The summed E-state index contributed by atoms with van der Waals surface area (Å²) in [5.41, 5.74) is 2.61. The Kier molecular flexibility index (Phi) is 4.97. The van der Waals surface area contributed by atoms with Gasteiger partial charge >= 0.3 is 0 Å². The molecule has 3 aromatic rings. The van der Waals surface area contributed by atoms with Crippen LogP contribution in [0.25, 0.3) is 11.3 Å². The first-order valence-corrected chi connectivity index (χ1v) is 8.92. The molecule has 0 aliphatic carbocycles. The fourth-order valence-electron chi connectivity index (χ4n) is 2.28. The van der Waals surface area contributed by atoms with Crippen molar-refractivity contribution >= 4 is 44.0 Å². The lowest BCUT2D eigenvalue weighted by Crippen LogP contribution is -2.22. The number of anilines is 2. The van der Waals surface area contributed by atoms with Crippen LogP contribution in [0.4, 0.5) is 10.8 Å². The molecule has 6 heteroatoms. The third-order valence-electron chi connectivity index (χ3n) is 3.47. The largest absolute Gasteiger partial charge is 0.497 e. The average molecular weight is 403 g/mol. The first-order valence-electron chi connectivity index (χ1n) is 7.24. The predicted octanol–water partition coefficient (Wildman–Crippen LogP) is 5.27. The molecule has 1 heterocycles. The molecule has 3 rings (SSSR count). The van der Waals surface area contributed by atoms with Gasteiger partial charge in [0.2, 0.25) is 5.91 Å². The van der Waals surface area contributed by atoms with E-state index in [2.05, 4.69) is 20.9 Å². The Morgan fingerprint density at radius 2 is 1.79 bits per heavy atom. The van der Waals surface area contributed by atoms with Crippen molar-refractivity contribution in [2.24, 2.45) is 0 Å². The minimum atomic E-state index is -0.0760. The van der Waals surface area contributed by atoms with Gasteiger partial charge in [0.25, 0.3) is 0 Å². The highest BCUT2D eigenvalue weighted by Crippen LogP contribution is 2.33. The normalized spacial score (nSPS) is 10.5. The molecule has 24 heavy (non-hydrogen) atoms. The van der Waals surface area contributed by atoms with Gasteiger partial charge in [-0.25, -0.2) is 4.98 Å². The van der Waals surface area contributed by atoms with Crippen LogP contribution in [-0.2, 0) is 4.79 Å². The van der Waals surface area contributed by atoms with Crippen molar-refractivity contribution in [3.05, 3.63) is 58.4 Å². The number of carbonyl (C=O) groups excluding carboxylic acids is 1. The number of benzene rings is 2. The van der Waals surface area contributed by atoms with E-state index in [0.29, 0.717) is 5.13 Å². The van der Waals surface area contributed by atoms with Gasteiger partial charge in [0.05, 0.1) is 18.5 Å². The van der Waals surface area contributed by atoms with Crippen molar-refractivity contribution in [3.63, 3.8) is 0 Å². The Morgan fingerprint density at radius 3 is 2.38 bits per heavy atom. The first-order chi connectivity index (χ1) is 11.6. The number of ether oxygens (including phenoxy) is 1. The van der Waals surface area contributed by atoms with Gasteiger partial charge in [-0.15, -0.1) is 11.3 Å². The van der Waals surface area contributed by atoms with Crippen molar-refractivity contribution < 1.29 is 9.53 Å². The average Bonchev–Trinajstić information content (AvgIpc) is 3.06. The number of hydrogen-bond acceptors (Lipinski definition) is 4. The number of halogens is 1. The lowest BCUT2D eigenvalue weighted by molar-refractivity contribution is -0.115. The molecule has 0 saturated carbocycles. The molecule has 122 valence electrons. The minimum absolute atomic E-state index is 0.0760. The Balaban J connectivity index is 1.94. The van der Waals surface area contributed by atoms with Gasteiger partial charge in [0.1, 0.15) is 5.75 Å². The molecule has 1 amide bonds. The molecule has 0 fully saturated rings. The molecule has 0 spiro atoms. The van der Waals surface area contributed by atoms with Crippen molar-refractivity contribution in [1.29, 1.82) is 0 Å². The molecular formula is C18H15BrN2O2S. The van der Waals surface area contributed by atoms with Crippen LogP contribution in [0.3, 0.4) is 0 Å². The number of methoxy groups -OCH3 is 1. The molecule has 0 radical (unpaired) electrons. The first kappa shape index (κ1) is 16.7. The second-order valence-corrected chi connectivity index (χ2v) is 6.83. The monoisotopic (exact) mass is 402 g/mol. The zero-order valence-electron chi connectivity index (χ0n) is 13.2. The summed E-state index contributed by atoms with van der Waals surface area (Å²) in [5, 5.41) is 2.60. The van der Waals surface area contributed by atoms with Gasteiger partial charge in [-0.3, -0.25) is 9.69 Å². The molecule has 0 aliphatic rings. The van der Waals surface area contributed by atoms with Crippen LogP contribution >= 0.6 is 27.3 Å². The molecule has 0 atom stereocenters. The third kappa shape index (κ3) is 3.49. The van der Waals surface area contributed by atoms with Crippen LogP contribution in [0.15, 0.2) is 58.4 Å². The zero-order valence-corrected chi connectivity index (χ0v) is 15.6. The standard InChI is InChI=1S/C18H15BrN2O2S/c1-12(22)21(15-7-5-14(19)6-8-15)18-20-17(11-24-18)13-3-9-16(23-2)10-4-13/h3-11H,1-2H3. The van der Waals surface area contributed by atoms with Gasteiger partial charge in [0, 0.05) is 22.3 Å². The van der Waals surface area contributed by atoms with E-state index in [-0.39, 0.29) is 5.91 Å². The lowest BCUT2D eigenvalue weighted by atomic mass is 10.2. The quantitative estimate of drug-likeness (QED) is 0.596. The van der Waals surface area contributed by atoms with E-state index in [1.807, 2.05) is 53.9 Å². The van der Waals surface area contributed by atoms with Gasteiger partial charge in [0.15, 0.2) is 5.13 Å². The highest BCUT2D eigenvalue weighted by atomic mass is 79.9. The summed E-state index contributed by atoms with van der Waals surface area (Å²) in [6.07, 6.45) is 0. The smallest absolute Gasteiger partial charge is 0.230 e. The molecule has 0 bridgehead atoms. The summed E-state index contributed by atoms with van der Waals surface area (Å²) >= 11 is 4.85. The highest BCUT2D eigenvalue weighted by molar-refractivity contribution is 9.10. The number of nitrogens with zero attached hydrogens (tertiary/aromatic N) is 2. The molecule has 0 aliphatic heterocycles. The Morgan fingerprint density at radius 1 is 1.12 bits per heavy atom. The molecule has 1 aromatic heterocycles. The highest BCUT2D eigenvalue weighted by Gasteiger charge is 2.18. The van der Waals surface area contributed by atoms with Crippen molar-refractivity contribution in [2.75, 3.05) is 12.0 Å². The van der Waals surface area contributed by atoms with E-state index in [0.717, 1.165) is 27.2 Å². The SMILES string of the molecule is COc1ccc(-c2csc(N(C(C)=O)c3ccc(Br)cc3)n2)cc1. The lowest BCUT2D eigenvalue weighted by Gasteiger charge is -2.18.